The van der Waals surface area contributed by atoms with Crippen molar-refractivity contribution in [3.63, 3.8) is 0 Å². The summed E-state index contributed by atoms with van der Waals surface area (Å²) < 4.78 is 67.0. The van der Waals surface area contributed by atoms with Crippen LogP contribution in [0.3, 0.4) is 0 Å². The molecule has 1 aliphatic rings. The van der Waals surface area contributed by atoms with Gasteiger partial charge in [-0.25, -0.2) is 17.9 Å². The number of anilines is 2. The van der Waals surface area contributed by atoms with Crippen molar-refractivity contribution in [2.45, 2.75) is 25.7 Å². The number of hydrogen-bond acceptors (Lipinski definition) is 4. The average Bonchev–Trinajstić information content (AvgIpc) is 2.67. The van der Waals surface area contributed by atoms with E-state index in [4.69, 9.17) is 0 Å². The largest absolute Gasteiger partial charge is 0.573 e. The number of rotatable bonds is 5. The molecule has 2 amide bonds. The molecule has 0 aromatic heterocycles. The third kappa shape index (κ3) is 5.98. The molecule has 2 aromatic rings. The number of sulfonamides is 1. The smallest absolute Gasteiger partial charge is 0.406 e. The summed E-state index contributed by atoms with van der Waals surface area (Å²) in [4.78, 5) is 14.3. The Morgan fingerprint density at radius 1 is 1.23 bits per heavy atom. The summed E-state index contributed by atoms with van der Waals surface area (Å²) in [6.45, 7) is 5.21. The maximum absolute atomic E-state index is 12.9. The Morgan fingerprint density at radius 3 is 2.52 bits per heavy atom. The molecule has 2 aromatic carbocycles. The van der Waals surface area contributed by atoms with E-state index in [2.05, 4.69) is 21.4 Å². The predicted octanol–water partition coefficient (Wildman–Crippen LogP) is 3.92. The lowest BCUT2D eigenvalue weighted by Crippen LogP contribution is -2.51. The fourth-order valence-electron chi connectivity index (χ4n) is 3.27. The summed E-state index contributed by atoms with van der Waals surface area (Å²) in [5.41, 5.74) is 2.61. The molecule has 166 valence electrons. The standard InChI is InChI=1S/C20H20F3N3O4S/c1-3-31(28,29)25-16-11-14-10-13(2)4-9-18(14)26(12-16)19(27)24-15-5-7-17(8-6-15)30-20(21,22)23/h3-10,16,25H,1,11-12H2,2H3,(H,24,27). The van der Waals surface area contributed by atoms with E-state index in [0.29, 0.717) is 12.1 Å². The van der Waals surface area contributed by atoms with Gasteiger partial charge in [-0.05, 0) is 49.2 Å². The third-order valence-electron chi connectivity index (χ3n) is 4.53. The highest BCUT2D eigenvalue weighted by atomic mass is 32.2. The molecule has 1 unspecified atom stereocenters. The van der Waals surface area contributed by atoms with E-state index in [-0.39, 0.29) is 12.2 Å². The van der Waals surface area contributed by atoms with Crippen LogP contribution in [-0.4, -0.2) is 33.4 Å². The summed E-state index contributed by atoms with van der Waals surface area (Å²) in [5, 5.41) is 3.41. The first kappa shape index (κ1) is 22.6. The number of carbonyl (C=O) groups is 1. The van der Waals surface area contributed by atoms with Gasteiger partial charge in [0.25, 0.3) is 0 Å². The molecule has 0 saturated carbocycles. The van der Waals surface area contributed by atoms with Crippen LogP contribution in [0.1, 0.15) is 11.1 Å². The molecule has 1 heterocycles. The fourth-order valence-corrected chi connectivity index (χ4v) is 3.99. The first-order valence-corrected chi connectivity index (χ1v) is 10.7. The Bertz CT molecular complexity index is 1090. The summed E-state index contributed by atoms with van der Waals surface area (Å²) >= 11 is 0. The second-order valence-electron chi connectivity index (χ2n) is 6.98. The number of ether oxygens (including phenoxy) is 1. The number of benzene rings is 2. The van der Waals surface area contributed by atoms with Gasteiger partial charge in [-0.3, -0.25) is 4.90 Å². The number of halogens is 3. The molecule has 0 radical (unpaired) electrons. The van der Waals surface area contributed by atoms with Crippen LogP contribution in [0.15, 0.2) is 54.5 Å². The highest BCUT2D eigenvalue weighted by Gasteiger charge is 2.32. The number of fused-ring (bicyclic) bond motifs is 1. The van der Waals surface area contributed by atoms with Crippen molar-refractivity contribution < 1.29 is 31.1 Å². The van der Waals surface area contributed by atoms with Crippen LogP contribution in [0, 0.1) is 6.92 Å². The van der Waals surface area contributed by atoms with E-state index in [9.17, 15) is 26.4 Å². The topological polar surface area (TPSA) is 87.7 Å². The monoisotopic (exact) mass is 455 g/mol. The van der Waals surface area contributed by atoms with Gasteiger partial charge in [-0.15, -0.1) is 13.2 Å². The van der Waals surface area contributed by atoms with Gasteiger partial charge in [0.2, 0.25) is 10.0 Å². The second-order valence-corrected chi connectivity index (χ2v) is 8.63. The summed E-state index contributed by atoms with van der Waals surface area (Å²) in [6, 6.07) is 9.04. The van der Waals surface area contributed by atoms with Crippen LogP contribution in [-0.2, 0) is 16.4 Å². The number of urea groups is 1. The van der Waals surface area contributed by atoms with Gasteiger partial charge in [-0.2, -0.15) is 0 Å². The summed E-state index contributed by atoms with van der Waals surface area (Å²) in [7, 11) is -3.71. The lowest BCUT2D eigenvalue weighted by molar-refractivity contribution is -0.274. The Balaban J connectivity index is 1.81. The molecule has 1 atom stereocenters. The molecule has 3 rings (SSSR count). The molecule has 7 nitrogen and oxygen atoms in total. The van der Waals surface area contributed by atoms with E-state index in [1.54, 1.807) is 6.07 Å². The van der Waals surface area contributed by atoms with Crippen molar-refractivity contribution >= 4 is 27.4 Å². The average molecular weight is 455 g/mol. The van der Waals surface area contributed by atoms with Gasteiger partial charge in [0.1, 0.15) is 5.75 Å². The minimum atomic E-state index is -4.81. The van der Waals surface area contributed by atoms with Gasteiger partial charge in [0.05, 0.1) is 0 Å². The van der Waals surface area contributed by atoms with Crippen molar-refractivity contribution in [1.29, 1.82) is 0 Å². The van der Waals surface area contributed by atoms with E-state index >= 15 is 0 Å². The first-order valence-electron chi connectivity index (χ1n) is 9.14. The Hall–Kier alpha value is -3.05. The maximum Gasteiger partial charge on any atom is 0.573 e. The third-order valence-corrected chi connectivity index (χ3v) is 5.63. The van der Waals surface area contributed by atoms with Crippen molar-refractivity contribution in [3.8, 4) is 5.75 Å². The SMILES string of the molecule is C=CS(=O)(=O)NC1Cc2cc(C)ccc2N(C(=O)Nc2ccc(OC(F)(F)F)cc2)C1. The van der Waals surface area contributed by atoms with Gasteiger partial charge >= 0.3 is 12.4 Å². The zero-order valence-electron chi connectivity index (χ0n) is 16.4. The van der Waals surface area contributed by atoms with Gasteiger partial charge < -0.3 is 10.1 Å². The molecule has 1 aliphatic heterocycles. The van der Waals surface area contributed by atoms with Crippen molar-refractivity contribution in [2.75, 3.05) is 16.8 Å². The number of nitrogens with one attached hydrogen (secondary N) is 2. The molecule has 0 spiro atoms. The van der Waals surface area contributed by atoms with Crippen LogP contribution in [0.25, 0.3) is 0 Å². The highest BCUT2D eigenvalue weighted by Crippen LogP contribution is 2.30. The predicted molar refractivity (Wildman–Crippen MR) is 110 cm³/mol. The summed E-state index contributed by atoms with van der Waals surface area (Å²) in [6.07, 6.45) is -4.43. The minimum Gasteiger partial charge on any atom is -0.406 e. The molecule has 0 aliphatic carbocycles. The van der Waals surface area contributed by atoms with Gasteiger partial charge in [0, 0.05) is 29.4 Å². The van der Waals surface area contributed by atoms with Crippen molar-refractivity contribution in [2.24, 2.45) is 0 Å². The minimum absolute atomic E-state index is 0.0598. The molecule has 2 N–H and O–H groups in total. The lowest BCUT2D eigenvalue weighted by atomic mass is 9.97. The van der Waals surface area contributed by atoms with Gasteiger partial charge in [-0.1, -0.05) is 24.3 Å². The lowest BCUT2D eigenvalue weighted by Gasteiger charge is -2.35. The quantitative estimate of drug-likeness (QED) is 0.716. The van der Waals surface area contributed by atoms with Gasteiger partial charge in [0.15, 0.2) is 0 Å². The van der Waals surface area contributed by atoms with Crippen LogP contribution in [0.5, 0.6) is 5.75 Å². The molecular weight excluding hydrogens is 435 g/mol. The molecule has 31 heavy (non-hydrogen) atoms. The fraction of sp³-hybridized carbons (Fsp3) is 0.250. The van der Waals surface area contributed by atoms with Crippen LogP contribution in [0.2, 0.25) is 0 Å². The van der Waals surface area contributed by atoms with E-state index < -0.39 is 34.2 Å². The number of hydrogen-bond donors (Lipinski definition) is 2. The van der Waals surface area contributed by atoms with E-state index in [0.717, 1.165) is 28.7 Å². The number of alkyl halides is 3. The molecule has 0 saturated heterocycles. The van der Waals surface area contributed by atoms with Crippen LogP contribution < -0.4 is 19.7 Å². The first-order chi connectivity index (χ1) is 14.5. The van der Waals surface area contributed by atoms with E-state index in [1.165, 1.54) is 17.0 Å². The molecule has 11 heteroatoms. The van der Waals surface area contributed by atoms with Crippen molar-refractivity contribution in [3.05, 3.63) is 65.6 Å². The molecule has 0 fully saturated rings. The number of amides is 2. The Morgan fingerprint density at radius 2 is 1.90 bits per heavy atom. The number of carbonyl (C=O) groups excluding carboxylic acids is 1. The Kier molecular flexibility index (Phi) is 6.27. The van der Waals surface area contributed by atoms with Crippen LogP contribution >= 0.6 is 0 Å². The van der Waals surface area contributed by atoms with E-state index in [1.807, 2.05) is 19.1 Å². The Labute approximate surface area is 177 Å². The van der Waals surface area contributed by atoms with Crippen LogP contribution in [0.4, 0.5) is 29.3 Å². The number of aryl methyl sites for hydroxylation is 1. The van der Waals surface area contributed by atoms with Crippen molar-refractivity contribution in [1.82, 2.24) is 4.72 Å². The zero-order valence-corrected chi connectivity index (χ0v) is 17.3. The number of nitrogens with zero attached hydrogens (tertiary/aromatic N) is 1. The summed E-state index contributed by atoms with van der Waals surface area (Å²) in [5.74, 6) is -0.414. The molecule has 0 bridgehead atoms. The normalized spacial score (nSPS) is 16.4. The maximum atomic E-state index is 12.9. The molecular formula is C20H20F3N3O4S. The highest BCUT2D eigenvalue weighted by molar-refractivity contribution is 7.92. The second kappa shape index (κ2) is 8.60. The zero-order chi connectivity index (χ0) is 22.8.